The van der Waals surface area contributed by atoms with Crippen molar-refractivity contribution in [2.75, 3.05) is 32.7 Å². The van der Waals surface area contributed by atoms with Gasteiger partial charge in [-0.05, 0) is 29.7 Å². The van der Waals surface area contributed by atoms with Crippen LogP contribution < -0.4 is 0 Å². The van der Waals surface area contributed by atoms with Crippen LogP contribution in [0.2, 0.25) is 0 Å². The zero-order valence-corrected chi connectivity index (χ0v) is 16.9. The van der Waals surface area contributed by atoms with Crippen LogP contribution in [0.25, 0.3) is 0 Å². The molecule has 0 unspecified atom stereocenters. The molecule has 154 valence electrons. The van der Waals surface area contributed by atoms with Crippen molar-refractivity contribution in [2.45, 2.75) is 19.4 Å². The number of halogens is 1. The van der Waals surface area contributed by atoms with Crippen molar-refractivity contribution in [3.8, 4) is 0 Å². The van der Waals surface area contributed by atoms with E-state index >= 15 is 0 Å². The van der Waals surface area contributed by atoms with Gasteiger partial charge in [0.1, 0.15) is 5.82 Å². The van der Waals surface area contributed by atoms with E-state index in [0.717, 1.165) is 48.8 Å². The maximum atomic E-state index is 13.5. The van der Waals surface area contributed by atoms with E-state index in [0.29, 0.717) is 26.1 Å². The summed E-state index contributed by atoms with van der Waals surface area (Å²) in [5, 5.41) is 0. The van der Waals surface area contributed by atoms with Crippen molar-refractivity contribution in [2.24, 2.45) is 4.99 Å². The average molecular weight is 404 g/mol. The summed E-state index contributed by atoms with van der Waals surface area (Å²) in [6.07, 6.45) is 1.47. The Labute approximate surface area is 176 Å². The van der Waals surface area contributed by atoms with Gasteiger partial charge in [-0.15, -0.1) is 0 Å². The van der Waals surface area contributed by atoms with Crippen LogP contribution in [-0.2, 0) is 17.8 Å². The molecule has 0 bridgehead atoms. The third kappa shape index (κ3) is 3.63. The molecule has 0 aromatic heterocycles. The molecule has 0 fully saturated rings. The number of guanidine groups is 1. The Bertz CT molecular complexity index is 1020. The summed E-state index contributed by atoms with van der Waals surface area (Å²) < 4.78 is 13.5. The maximum Gasteiger partial charge on any atom is 0.259 e. The number of hydrogen-bond donors (Lipinski definition) is 0. The van der Waals surface area contributed by atoms with Crippen molar-refractivity contribution in [3.63, 3.8) is 0 Å². The summed E-state index contributed by atoms with van der Waals surface area (Å²) in [7, 11) is 0. The number of nitrogens with zero attached hydrogens (tertiary/aromatic N) is 4. The van der Waals surface area contributed by atoms with Gasteiger partial charge in [0.15, 0.2) is 0 Å². The second-order valence-electron chi connectivity index (χ2n) is 8.04. The summed E-state index contributed by atoms with van der Waals surface area (Å²) >= 11 is 0. The lowest BCUT2D eigenvalue weighted by Crippen LogP contribution is -2.54. The highest BCUT2D eigenvalue weighted by Crippen LogP contribution is 2.31. The molecule has 5 rings (SSSR count). The van der Waals surface area contributed by atoms with Gasteiger partial charge in [-0.1, -0.05) is 42.5 Å². The average Bonchev–Trinajstić information content (AvgIpc) is 3.24. The molecule has 0 saturated heterocycles. The second-order valence-corrected chi connectivity index (χ2v) is 8.04. The van der Waals surface area contributed by atoms with Crippen molar-refractivity contribution in [1.29, 1.82) is 0 Å². The predicted molar refractivity (Wildman–Crippen MR) is 114 cm³/mol. The van der Waals surface area contributed by atoms with E-state index < -0.39 is 0 Å². The molecule has 0 spiro atoms. The van der Waals surface area contributed by atoms with Crippen LogP contribution in [-0.4, -0.2) is 59.3 Å². The third-order valence-corrected chi connectivity index (χ3v) is 6.05. The minimum absolute atomic E-state index is 0.0519. The van der Waals surface area contributed by atoms with Crippen molar-refractivity contribution >= 4 is 11.9 Å². The number of aliphatic imine (C=N–C) groups is 1. The normalized spacial score (nSPS) is 19.1. The lowest BCUT2D eigenvalue weighted by Gasteiger charge is -2.42. The SMILES string of the molecule is O=C1C2=C(CCN(Cc3ccccc3)C2)N2CCN=C2N1CCc1cccc(F)c1. The molecule has 0 aliphatic carbocycles. The highest BCUT2D eigenvalue weighted by atomic mass is 19.1. The molecule has 3 aliphatic rings. The van der Waals surface area contributed by atoms with E-state index in [1.807, 2.05) is 12.1 Å². The first-order valence-electron chi connectivity index (χ1n) is 10.6. The smallest absolute Gasteiger partial charge is 0.259 e. The largest absolute Gasteiger partial charge is 0.314 e. The summed E-state index contributed by atoms with van der Waals surface area (Å²) in [4.78, 5) is 24.4. The molecule has 0 radical (unpaired) electrons. The van der Waals surface area contributed by atoms with E-state index in [9.17, 15) is 9.18 Å². The number of rotatable bonds is 5. The molecule has 0 N–H and O–H groups in total. The van der Waals surface area contributed by atoms with Crippen LogP contribution in [0.15, 0.2) is 70.9 Å². The Morgan fingerprint density at radius 3 is 2.67 bits per heavy atom. The van der Waals surface area contributed by atoms with Crippen LogP contribution in [0.1, 0.15) is 17.5 Å². The zero-order valence-electron chi connectivity index (χ0n) is 16.9. The molecular formula is C24H25FN4O. The van der Waals surface area contributed by atoms with Gasteiger partial charge in [0, 0.05) is 44.8 Å². The first-order chi connectivity index (χ1) is 14.7. The quantitative estimate of drug-likeness (QED) is 0.769. The number of amides is 1. The molecule has 0 atom stereocenters. The summed E-state index contributed by atoms with van der Waals surface area (Å²) in [6, 6.07) is 17.0. The van der Waals surface area contributed by atoms with Gasteiger partial charge < -0.3 is 4.90 Å². The van der Waals surface area contributed by atoms with Crippen LogP contribution in [0.3, 0.4) is 0 Å². The molecule has 30 heavy (non-hydrogen) atoms. The number of carbonyl (C=O) groups excluding carboxylic acids is 1. The van der Waals surface area contributed by atoms with E-state index in [2.05, 4.69) is 39.1 Å². The fourth-order valence-corrected chi connectivity index (χ4v) is 4.59. The van der Waals surface area contributed by atoms with Gasteiger partial charge in [0.25, 0.3) is 5.91 Å². The maximum absolute atomic E-state index is 13.5. The lowest BCUT2D eigenvalue weighted by molar-refractivity contribution is -0.125. The van der Waals surface area contributed by atoms with Crippen molar-refractivity contribution < 1.29 is 9.18 Å². The molecule has 2 aromatic rings. The highest BCUT2D eigenvalue weighted by molar-refractivity contribution is 6.09. The van der Waals surface area contributed by atoms with Gasteiger partial charge in [-0.3, -0.25) is 19.6 Å². The van der Waals surface area contributed by atoms with Gasteiger partial charge in [-0.25, -0.2) is 4.39 Å². The Morgan fingerprint density at radius 1 is 1.00 bits per heavy atom. The van der Waals surface area contributed by atoms with Crippen LogP contribution in [0, 0.1) is 5.82 Å². The van der Waals surface area contributed by atoms with Crippen LogP contribution in [0.5, 0.6) is 0 Å². The number of carbonyl (C=O) groups is 1. The Kier molecular flexibility index (Phi) is 5.09. The van der Waals surface area contributed by atoms with Gasteiger partial charge in [-0.2, -0.15) is 0 Å². The fraction of sp³-hybridized carbons (Fsp3) is 0.333. The number of benzene rings is 2. The summed E-state index contributed by atoms with van der Waals surface area (Å²) in [5.41, 5.74) is 4.18. The Hall–Kier alpha value is -2.99. The van der Waals surface area contributed by atoms with E-state index in [1.165, 1.54) is 17.7 Å². The third-order valence-electron chi connectivity index (χ3n) is 6.05. The van der Waals surface area contributed by atoms with E-state index in [4.69, 9.17) is 0 Å². The van der Waals surface area contributed by atoms with Crippen LogP contribution >= 0.6 is 0 Å². The van der Waals surface area contributed by atoms with Crippen molar-refractivity contribution in [1.82, 2.24) is 14.7 Å². The highest BCUT2D eigenvalue weighted by Gasteiger charge is 2.40. The molecule has 5 nitrogen and oxygen atoms in total. The summed E-state index contributed by atoms with van der Waals surface area (Å²) in [6.45, 7) is 4.49. The Morgan fingerprint density at radius 2 is 1.83 bits per heavy atom. The molecule has 0 saturated carbocycles. The first-order valence-corrected chi connectivity index (χ1v) is 10.6. The Balaban J connectivity index is 1.35. The standard InChI is InChI=1S/C24H25FN4O/c25-20-8-4-7-18(15-20)9-13-29-23(30)21-17-27(16-19-5-2-1-3-6-19)12-10-22(21)28-14-11-26-24(28)29/h1-8,15H,9-14,16-17H2. The monoisotopic (exact) mass is 404 g/mol. The van der Waals surface area contributed by atoms with Crippen molar-refractivity contribution in [3.05, 3.63) is 82.8 Å². The second kappa shape index (κ2) is 8.03. The minimum Gasteiger partial charge on any atom is -0.314 e. The van der Waals surface area contributed by atoms with Gasteiger partial charge >= 0.3 is 0 Å². The zero-order chi connectivity index (χ0) is 20.5. The molecule has 3 heterocycles. The summed E-state index contributed by atoms with van der Waals surface area (Å²) in [5.74, 6) is 0.578. The fourth-order valence-electron chi connectivity index (χ4n) is 4.59. The van der Waals surface area contributed by atoms with E-state index in [1.54, 1.807) is 11.0 Å². The minimum atomic E-state index is -0.244. The van der Waals surface area contributed by atoms with Gasteiger partial charge in [0.05, 0.1) is 12.1 Å². The molecule has 1 amide bonds. The molecule has 3 aliphatic heterocycles. The van der Waals surface area contributed by atoms with Gasteiger partial charge in [0.2, 0.25) is 5.96 Å². The van der Waals surface area contributed by atoms with E-state index in [-0.39, 0.29) is 11.7 Å². The number of hydrogen-bond acceptors (Lipinski definition) is 4. The van der Waals surface area contributed by atoms with Crippen LogP contribution in [0.4, 0.5) is 4.39 Å². The molecular weight excluding hydrogens is 379 g/mol. The first kappa shape index (κ1) is 19.0. The topological polar surface area (TPSA) is 39.2 Å². The number of fused-ring (bicyclic) bond motifs is 2. The predicted octanol–water partition coefficient (Wildman–Crippen LogP) is 3.04. The molecule has 2 aromatic carbocycles. The lowest BCUT2D eigenvalue weighted by atomic mass is 10.00. The molecule has 6 heteroatoms.